The molecule has 1 aliphatic heterocycles. The fourth-order valence-electron chi connectivity index (χ4n) is 1.94. The monoisotopic (exact) mass is 313 g/mol. The number of carbonyl (C=O) groups excluding carboxylic acids is 1. The molecule has 0 saturated carbocycles. The number of methoxy groups -OCH3 is 1. The van der Waals surface area contributed by atoms with Crippen LogP contribution in [0.4, 0.5) is 0 Å². The molecule has 5 heteroatoms. The summed E-state index contributed by atoms with van der Waals surface area (Å²) in [6, 6.07) is 8.01. The smallest absolute Gasteiger partial charge is 0.317 e. The van der Waals surface area contributed by atoms with Crippen molar-refractivity contribution in [2.24, 2.45) is 5.41 Å². The Morgan fingerprint density at radius 3 is 2.78 bits per heavy atom. The van der Waals surface area contributed by atoms with Crippen LogP contribution in [0.3, 0.4) is 0 Å². The van der Waals surface area contributed by atoms with Gasteiger partial charge in [0.1, 0.15) is 5.41 Å². The Labute approximate surface area is 115 Å². The summed E-state index contributed by atoms with van der Waals surface area (Å²) in [5.41, 5.74) is 0.661. The van der Waals surface area contributed by atoms with Gasteiger partial charge >= 0.3 is 5.97 Å². The predicted octanol–water partition coefficient (Wildman–Crippen LogP) is 1.73. The highest BCUT2D eigenvalue weighted by molar-refractivity contribution is 9.10. The van der Waals surface area contributed by atoms with Crippen LogP contribution < -0.4 is 5.32 Å². The number of esters is 1. The topological polar surface area (TPSA) is 47.6 Å². The summed E-state index contributed by atoms with van der Waals surface area (Å²) in [7, 11) is 1.41. The van der Waals surface area contributed by atoms with Crippen LogP contribution in [-0.4, -0.2) is 32.8 Å². The number of ether oxygens (including phenoxy) is 2. The van der Waals surface area contributed by atoms with Crippen LogP contribution in [0.2, 0.25) is 0 Å². The minimum atomic E-state index is -0.504. The minimum Gasteiger partial charge on any atom is -0.468 e. The molecule has 0 aliphatic carbocycles. The van der Waals surface area contributed by atoms with Crippen molar-refractivity contribution in [1.29, 1.82) is 0 Å². The van der Waals surface area contributed by atoms with Crippen molar-refractivity contribution in [1.82, 2.24) is 5.32 Å². The van der Waals surface area contributed by atoms with Gasteiger partial charge in [0.2, 0.25) is 0 Å². The molecule has 1 aromatic rings. The van der Waals surface area contributed by atoms with E-state index in [4.69, 9.17) is 9.47 Å². The molecule has 18 heavy (non-hydrogen) atoms. The van der Waals surface area contributed by atoms with Crippen LogP contribution in [0.1, 0.15) is 5.56 Å². The van der Waals surface area contributed by atoms with Gasteiger partial charge in [0.25, 0.3) is 0 Å². The zero-order valence-corrected chi connectivity index (χ0v) is 11.8. The molecule has 1 heterocycles. The van der Waals surface area contributed by atoms with E-state index in [1.807, 2.05) is 24.3 Å². The molecule has 0 unspecified atom stereocenters. The summed E-state index contributed by atoms with van der Waals surface area (Å²) in [6.07, 6.45) is 0. The molecule has 1 saturated heterocycles. The van der Waals surface area contributed by atoms with Gasteiger partial charge in [-0.25, -0.2) is 0 Å². The third-order valence-electron chi connectivity index (χ3n) is 3.11. The molecule has 0 atom stereocenters. The third-order valence-corrected chi connectivity index (χ3v) is 3.89. The molecule has 1 N–H and O–H groups in total. The fraction of sp³-hybridized carbons (Fsp3) is 0.462. The summed E-state index contributed by atoms with van der Waals surface area (Å²) in [6.45, 7) is 2.15. The lowest BCUT2D eigenvalue weighted by Crippen LogP contribution is -2.55. The second kappa shape index (κ2) is 5.82. The van der Waals surface area contributed by atoms with E-state index in [9.17, 15) is 4.79 Å². The van der Waals surface area contributed by atoms with E-state index < -0.39 is 5.41 Å². The average Bonchev–Trinajstić information content (AvgIpc) is 2.34. The highest BCUT2D eigenvalue weighted by Gasteiger charge is 2.46. The molecule has 1 fully saturated rings. The summed E-state index contributed by atoms with van der Waals surface area (Å²) in [4.78, 5) is 11.7. The van der Waals surface area contributed by atoms with E-state index in [-0.39, 0.29) is 5.97 Å². The first-order chi connectivity index (χ1) is 8.68. The van der Waals surface area contributed by atoms with Crippen molar-refractivity contribution < 1.29 is 14.3 Å². The Balaban J connectivity index is 1.88. The van der Waals surface area contributed by atoms with E-state index >= 15 is 0 Å². The van der Waals surface area contributed by atoms with Crippen LogP contribution in [0.15, 0.2) is 28.7 Å². The van der Waals surface area contributed by atoms with Gasteiger partial charge in [-0.05, 0) is 11.6 Å². The molecule has 98 valence electrons. The number of hydrogen-bond acceptors (Lipinski definition) is 4. The van der Waals surface area contributed by atoms with Crippen LogP contribution >= 0.6 is 15.9 Å². The summed E-state index contributed by atoms with van der Waals surface area (Å²) in [5.74, 6) is -0.201. The molecular weight excluding hydrogens is 298 g/mol. The van der Waals surface area contributed by atoms with Gasteiger partial charge in [-0.1, -0.05) is 34.1 Å². The number of hydrogen-bond donors (Lipinski definition) is 1. The summed E-state index contributed by atoms with van der Waals surface area (Å²) in [5, 5.41) is 3.29. The standard InChI is InChI=1S/C13H16BrNO3/c1-17-12(16)13(8-18-9-13)7-15-6-10-4-2-3-5-11(10)14/h2-5,15H,6-9H2,1H3. The van der Waals surface area contributed by atoms with Crippen molar-refractivity contribution in [3.05, 3.63) is 34.3 Å². The highest BCUT2D eigenvalue weighted by Crippen LogP contribution is 2.28. The fourth-order valence-corrected chi connectivity index (χ4v) is 2.36. The predicted molar refractivity (Wildman–Crippen MR) is 71.1 cm³/mol. The molecule has 2 rings (SSSR count). The van der Waals surface area contributed by atoms with Crippen LogP contribution in [0, 0.1) is 5.41 Å². The number of rotatable bonds is 5. The van der Waals surface area contributed by atoms with E-state index in [1.54, 1.807) is 0 Å². The van der Waals surface area contributed by atoms with Crippen molar-refractivity contribution in [2.75, 3.05) is 26.9 Å². The van der Waals surface area contributed by atoms with Gasteiger partial charge in [-0.15, -0.1) is 0 Å². The average molecular weight is 314 g/mol. The van der Waals surface area contributed by atoms with E-state index in [0.29, 0.717) is 26.3 Å². The van der Waals surface area contributed by atoms with Crippen molar-refractivity contribution in [3.8, 4) is 0 Å². The maximum absolute atomic E-state index is 11.7. The SMILES string of the molecule is COC(=O)C1(CNCc2ccccc2Br)COC1. The first kappa shape index (κ1) is 13.5. The van der Waals surface area contributed by atoms with Crippen LogP contribution in [0.5, 0.6) is 0 Å². The first-order valence-electron chi connectivity index (χ1n) is 5.78. The molecule has 1 aromatic carbocycles. The Morgan fingerprint density at radius 1 is 1.50 bits per heavy atom. The number of carbonyl (C=O) groups is 1. The van der Waals surface area contributed by atoms with E-state index in [0.717, 1.165) is 10.0 Å². The molecule has 0 bridgehead atoms. The largest absolute Gasteiger partial charge is 0.468 e. The van der Waals surface area contributed by atoms with Gasteiger partial charge in [-0.3, -0.25) is 4.79 Å². The van der Waals surface area contributed by atoms with Crippen molar-refractivity contribution in [3.63, 3.8) is 0 Å². The Hall–Kier alpha value is -0.910. The molecule has 1 aliphatic rings. The van der Waals surface area contributed by atoms with Crippen LogP contribution in [0.25, 0.3) is 0 Å². The first-order valence-corrected chi connectivity index (χ1v) is 6.57. The number of halogens is 1. The Bertz CT molecular complexity index is 432. The molecule has 0 aromatic heterocycles. The lowest BCUT2D eigenvalue weighted by molar-refractivity contribution is -0.182. The molecule has 0 radical (unpaired) electrons. The van der Waals surface area contributed by atoms with Gasteiger partial charge in [-0.2, -0.15) is 0 Å². The lowest BCUT2D eigenvalue weighted by atomic mass is 9.86. The molecular formula is C13H16BrNO3. The highest BCUT2D eigenvalue weighted by atomic mass is 79.9. The van der Waals surface area contributed by atoms with Gasteiger partial charge < -0.3 is 14.8 Å². The Morgan fingerprint density at radius 2 is 2.22 bits per heavy atom. The van der Waals surface area contributed by atoms with Crippen LogP contribution in [-0.2, 0) is 20.8 Å². The van der Waals surface area contributed by atoms with Gasteiger partial charge in [0.15, 0.2) is 0 Å². The Kier molecular flexibility index (Phi) is 4.37. The molecule has 0 amide bonds. The quantitative estimate of drug-likeness (QED) is 0.841. The zero-order chi connectivity index (χ0) is 13.0. The minimum absolute atomic E-state index is 0.201. The van der Waals surface area contributed by atoms with Crippen molar-refractivity contribution >= 4 is 21.9 Å². The third kappa shape index (κ3) is 2.74. The van der Waals surface area contributed by atoms with Gasteiger partial charge in [0.05, 0.1) is 20.3 Å². The summed E-state index contributed by atoms with van der Waals surface area (Å²) >= 11 is 3.49. The molecule has 0 spiro atoms. The second-order valence-corrected chi connectivity index (χ2v) is 5.31. The summed E-state index contributed by atoms with van der Waals surface area (Å²) < 4.78 is 11.0. The zero-order valence-electron chi connectivity index (χ0n) is 10.2. The van der Waals surface area contributed by atoms with Crippen molar-refractivity contribution in [2.45, 2.75) is 6.54 Å². The van der Waals surface area contributed by atoms with E-state index in [2.05, 4.69) is 21.2 Å². The maximum Gasteiger partial charge on any atom is 0.317 e. The number of nitrogens with one attached hydrogen (secondary N) is 1. The lowest BCUT2D eigenvalue weighted by Gasteiger charge is -2.38. The normalized spacial score (nSPS) is 17.0. The second-order valence-electron chi connectivity index (χ2n) is 4.46. The van der Waals surface area contributed by atoms with Gasteiger partial charge in [0, 0.05) is 17.6 Å². The number of benzene rings is 1. The van der Waals surface area contributed by atoms with E-state index in [1.165, 1.54) is 7.11 Å². The molecule has 4 nitrogen and oxygen atoms in total. The maximum atomic E-state index is 11.7.